The number of nitrogens with one attached hydrogen (secondary N) is 2. The average Bonchev–Trinajstić information content (AvgIpc) is 2.61. The molecule has 0 aliphatic carbocycles. The van der Waals surface area contributed by atoms with E-state index in [2.05, 4.69) is 10.9 Å². The topological polar surface area (TPSA) is 76.7 Å². The van der Waals surface area contributed by atoms with Gasteiger partial charge in [0.05, 0.1) is 13.5 Å². The summed E-state index contributed by atoms with van der Waals surface area (Å²) >= 11 is 0. The molecule has 1 atom stereocenters. The standard InChI is InChI=1S/C18H19FN2O4/c1-12(25-15-8-6-14(19)7-9-15)18(23)21-20-17(22)11-13-4-3-5-16(10-13)24-2/h3-10,12H,11H2,1-2H3,(H,20,22)(H,21,23). The summed E-state index contributed by atoms with van der Waals surface area (Å²) in [7, 11) is 1.54. The lowest BCUT2D eigenvalue weighted by Crippen LogP contribution is -2.47. The lowest BCUT2D eigenvalue weighted by molar-refractivity contribution is -0.132. The minimum Gasteiger partial charge on any atom is -0.497 e. The van der Waals surface area contributed by atoms with Crippen LogP contribution in [0.4, 0.5) is 4.39 Å². The molecule has 0 spiro atoms. The molecular weight excluding hydrogens is 327 g/mol. The molecule has 0 aliphatic rings. The van der Waals surface area contributed by atoms with Crippen molar-refractivity contribution in [3.63, 3.8) is 0 Å². The second-order valence-corrected chi connectivity index (χ2v) is 5.28. The first kappa shape index (κ1) is 18.3. The van der Waals surface area contributed by atoms with Crippen molar-refractivity contribution < 1.29 is 23.5 Å². The van der Waals surface area contributed by atoms with Crippen molar-refractivity contribution in [2.45, 2.75) is 19.4 Å². The minimum atomic E-state index is -0.859. The third kappa shape index (κ3) is 5.80. The lowest BCUT2D eigenvalue weighted by Gasteiger charge is -2.15. The Hall–Kier alpha value is -3.09. The monoisotopic (exact) mass is 346 g/mol. The molecule has 2 amide bonds. The van der Waals surface area contributed by atoms with Crippen LogP contribution in [0.25, 0.3) is 0 Å². The molecule has 25 heavy (non-hydrogen) atoms. The van der Waals surface area contributed by atoms with Gasteiger partial charge in [-0.15, -0.1) is 0 Å². The van der Waals surface area contributed by atoms with Gasteiger partial charge in [-0.3, -0.25) is 20.4 Å². The largest absolute Gasteiger partial charge is 0.497 e. The molecule has 2 N–H and O–H groups in total. The van der Waals surface area contributed by atoms with Crippen LogP contribution in [-0.2, 0) is 16.0 Å². The third-order valence-corrected chi connectivity index (χ3v) is 3.32. The highest BCUT2D eigenvalue weighted by molar-refractivity contribution is 5.85. The fourth-order valence-corrected chi connectivity index (χ4v) is 2.02. The van der Waals surface area contributed by atoms with E-state index in [4.69, 9.17) is 9.47 Å². The summed E-state index contributed by atoms with van der Waals surface area (Å²) in [4.78, 5) is 23.8. The smallest absolute Gasteiger partial charge is 0.279 e. The Bertz CT molecular complexity index is 734. The molecule has 2 rings (SSSR count). The SMILES string of the molecule is COc1cccc(CC(=O)NNC(=O)C(C)Oc2ccc(F)cc2)c1. The van der Waals surface area contributed by atoms with Gasteiger partial charge < -0.3 is 9.47 Å². The number of carbonyl (C=O) groups is 2. The minimum absolute atomic E-state index is 0.0880. The van der Waals surface area contributed by atoms with E-state index in [0.717, 1.165) is 5.56 Å². The molecule has 0 bridgehead atoms. The van der Waals surface area contributed by atoms with E-state index >= 15 is 0 Å². The van der Waals surface area contributed by atoms with E-state index in [0.29, 0.717) is 11.5 Å². The molecule has 0 saturated carbocycles. The van der Waals surface area contributed by atoms with E-state index in [9.17, 15) is 14.0 Å². The van der Waals surface area contributed by atoms with Crippen LogP contribution in [-0.4, -0.2) is 25.0 Å². The van der Waals surface area contributed by atoms with Crippen LogP contribution in [0.5, 0.6) is 11.5 Å². The van der Waals surface area contributed by atoms with E-state index in [1.165, 1.54) is 31.2 Å². The first-order chi connectivity index (χ1) is 12.0. The van der Waals surface area contributed by atoms with Gasteiger partial charge in [0.2, 0.25) is 5.91 Å². The van der Waals surface area contributed by atoms with Crippen molar-refractivity contribution >= 4 is 11.8 Å². The molecule has 0 heterocycles. The molecule has 0 aliphatic heterocycles. The second kappa shape index (κ2) is 8.68. The second-order valence-electron chi connectivity index (χ2n) is 5.28. The first-order valence-corrected chi connectivity index (χ1v) is 7.62. The third-order valence-electron chi connectivity index (χ3n) is 3.32. The zero-order chi connectivity index (χ0) is 18.2. The lowest BCUT2D eigenvalue weighted by atomic mass is 10.1. The van der Waals surface area contributed by atoms with Gasteiger partial charge in [0.15, 0.2) is 6.10 Å². The van der Waals surface area contributed by atoms with Gasteiger partial charge in [-0.25, -0.2) is 4.39 Å². The molecule has 7 heteroatoms. The molecule has 0 aromatic heterocycles. The van der Waals surface area contributed by atoms with Crippen molar-refractivity contribution in [2.24, 2.45) is 0 Å². The highest BCUT2D eigenvalue weighted by Gasteiger charge is 2.15. The van der Waals surface area contributed by atoms with Crippen LogP contribution in [0.3, 0.4) is 0 Å². The normalized spacial score (nSPS) is 11.3. The average molecular weight is 346 g/mol. The zero-order valence-electron chi connectivity index (χ0n) is 13.9. The van der Waals surface area contributed by atoms with Crippen LogP contribution in [0.15, 0.2) is 48.5 Å². The maximum atomic E-state index is 12.8. The molecule has 2 aromatic carbocycles. The molecule has 132 valence electrons. The van der Waals surface area contributed by atoms with Gasteiger partial charge in [0.25, 0.3) is 5.91 Å². The molecule has 6 nitrogen and oxygen atoms in total. The Morgan fingerprint density at radius 1 is 1.08 bits per heavy atom. The number of methoxy groups -OCH3 is 1. The number of halogens is 1. The van der Waals surface area contributed by atoms with Crippen molar-refractivity contribution in [1.29, 1.82) is 0 Å². The summed E-state index contributed by atoms with van der Waals surface area (Å²) < 4.78 is 23.3. The summed E-state index contributed by atoms with van der Waals surface area (Å²) in [5.41, 5.74) is 5.37. The zero-order valence-corrected chi connectivity index (χ0v) is 13.9. The van der Waals surface area contributed by atoms with Gasteiger partial charge in [0, 0.05) is 0 Å². The number of rotatable bonds is 6. The van der Waals surface area contributed by atoms with Crippen molar-refractivity contribution in [3.05, 3.63) is 59.9 Å². The maximum absolute atomic E-state index is 12.8. The van der Waals surface area contributed by atoms with Crippen LogP contribution in [0, 0.1) is 5.82 Å². The quantitative estimate of drug-likeness (QED) is 0.785. The number of hydrogen-bond acceptors (Lipinski definition) is 4. The van der Waals surface area contributed by atoms with Gasteiger partial charge in [-0.2, -0.15) is 0 Å². The summed E-state index contributed by atoms with van der Waals surface area (Å²) in [5, 5.41) is 0. The number of benzene rings is 2. The number of amides is 2. The highest BCUT2D eigenvalue weighted by atomic mass is 19.1. The van der Waals surface area contributed by atoms with Gasteiger partial charge in [-0.1, -0.05) is 12.1 Å². The van der Waals surface area contributed by atoms with E-state index in [1.807, 2.05) is 0 Å². The van der Waals surface area contributed by atoms with Crippen LogP contribution >= 0.6 is 0 Å². The molecule has 0 fully saturated rings. The van der Waals surface area contributed by atoms with E-state index in [-0.39, 0.29) is 12.3 Å². The number of carbonyl (C=O) groups excluding carboxylic acids is 2. The fraction of sp³-hybridized carbons (Fsp3) is 0.222. The number of hydrazine groups is 1. The van der Waals surface area contributed by atoms with Crippen LogP contribution in [0.2, 0.25) is 0 Å². The fourth-order valence-electron chi connectivity index (χ4n) is 2.02. The van der Waals surface area contributed by atoms with Crippen molar-refractivity contribution in [1.82, 2.24) is 10.9 Å². The van der Waals surface area contributed by atoms with Gasteiger partial charge >= 0.3 is 0 Å². The molecule has 1 unspecified atom stereocenters. The molecule has 0 saturated heterocycles. The van der Waals surface area contributed by atoms with Gasteiger partial charge in [0.1, 0.15) is 17.3 Å². The first-order valence-electron chi connectivity index (χ1n) is 7.62. The predicted octanol–water partition coefficient (Wildman–Crippen LogP) is 1.99. The summed E-state index contributed by atoms with van der Waals surface area (Å²) in [5.74, 6) is -0.296. The Balaban J connectivity index is 1.79. The molecular formula is C18H19FN2O4. The van der Waals surface area contributed by atoms with E-state index in [1.54, 1.807) is 31.4 Å². The number of hydrogen-bond donors (Lipinski definition) is 2. The maximum Gasteiger partial charge on any atom is 0.279 e. The Labute approximate surface area is 144 Å². The Morgan fingerprint density at radius 3 is 2.48 bits per heavy atom. The summed E-state index contributed by atoms with van der Waals surface area (Å²) in [6.07, 6.45) is -0.771. The van der Waals surface area contributed by atoms with Gasteiger partial charge in [-0.05, 0) is 48.9 Å². The Morgan fingerprint density at radius 2 is 1.80 bits per heavy atom. The van der Waals surface area contributed by atoms with Crippen molar-refractivity contribution in [3.8, 4) is 11.5 Å². The van der Waals surface area contributed by atoms with E-state index < -0.39 is 17.8 Å². The summed E-state index contributed by atoms with van der Waals surface area (Å²) in [6.45, 7) is 1.52. The number of ether oxygens (including phenoxy) is 2. The molecule has 2 aromatic rings. The van der Waals surface area contributed by atoms with Crippen molar-refractivity contribution in [2.75, 3.05) is 7.11 Å². The van der Waals surface area contributed by atoms with Crippen LogP contribution < -0.4 is 20.3 Å². The molecule has 0 radical (unpaired) electrons. The summed E-state index contributed by atoms with van der Waals surface area (Å²) in [6, 6.07) is 12.4. The Kier molecular flexibility index (Phi) is 6.33. The highest BCUT2D eigenvalue weighted by Crippen LogP contribution is 2.13. The predicted molar refractivity (Wildman–Crippen MR) is 89.5 cm³/mol. The van der Waals surface area contributed by atoms with Crippen LogP contribution in [0.1, 0.15) is 12.5 Å².